The van der Waals surface area contributed by atoms with E-state index in [1.807, 2.05) is 23.1 Å². The zero-order chi connectivity index (χ0) is 21.9. The fourth-order valence-corrected chi connectivity index (χ4v) is 4.63. The molecule has 9 heteroatoms. The van der Waals surface area contributed by atoms with Crippen LogP contribution < -0.4 is 14.9 Å². The summed E-state index contributed by atoms with van der Waals surface area (Å²) in [6, 6.07) is 13.6. The minimum Gasteiger partial charge on any atom is -0.359 e. The molecule has 0 spiro atoms. The van der Waals surface area contributed by atoms with Crippen LogP contribution in [0.25, 0.3) is 11.1 Å². The van der Waals surface area contributed by atoms with Crippen molar-refractivity contribution in [2.24, 2.45) is 5.92 Å². The van der Waals surface area contributed by atoms with Crippen molar-refractivity contribution >= 4 is 33.2 Å². The highest BCUT2D eigenvalue weighted by Gasteiger charge is 2.35. The Morgan fingerprint density at radius 1 is 1.27 bits per heavy atom. The average Bonchev–Trinajstić information content (AvgIpc) is 3.14. The van der Waals surface area contributed by atoms with E-state index in [1.54, 1.807) is 18.2 Å². The second-order valence-electron chi connectivity index (χ2n) is 7.28. The van der Waals surface area contributed by atoms with Gasteiger partial charge in [0.05, 0.1) is 11.0 Å². The molecule has 0 bridgehead atoms. The van der Waals surface area contributed by atoms with E-state index in [-0.39, 0.29) is 23.4 Å². The fourth-order valence-electron chi connectivity index (χ4n) is 3.67. The maximum absolute atomic E-state index is 12.5. The van der Waals surface area contributed by atoms with Crippen LogP contribution in [0.4, 0.5) is 5.69 Å². The average molecular weight is 447 g/mol. The Labute approximate surface area is 181 Å². The number of hydrogen-bond acceptors (Lipinski definition) is 5. The third kappa shape index (κ3) is 4.59. The molecular formula is C21H23ClN4O3S. The van der Waals surface area contributed by atoms with Crippen molar-refractivity contribution in [2.45, 2.75) is 24.3 Å². The van der Waals surface area contributed by atoms with Gasteiger partial charge in [-0.15, -0.1) is 0 Å². The van der Waals surface area contributed by atoms with Crippen LogP contribution in [-0.4, -0.2) is 40.5 Å². The summed E-state index contributed by atoms with van der Waals surface area (Å²) < 4.78 is 26.2. The molecule has 1 fully saturated rings. The van der Waals surface area contributed by atoms with Gasteiger partial charge >= 0.3 is 0 Å². The molecular weight excluding hydrogens is 424 g/mol. The highest BCUT2D eigenvalue weighted by Crippen LogP contribution is 2.36. The lowest BCUT2D eigenvalue weighted by atomic mass is 10.0. The van der Waals surface area contributed by atoms with Crippen molar-refractivity contribution in [2.75, 3.05) is 25.0 Å². The molecule has 2 N–H and O–H groups in total. The largest absolute Gasteiger partial charge is 0.359 e. The number of hydrogen-bond donors (Lipinski definition) is 2. The molecule has 1 heterocycles. The van der Waals surface area contributed by atoms with Crippen LogP contribution in [0.3, 0.4) is 0 Å². The molecule has 2 aromatic rings. The summed E-state index contributed by atoms with van der Waals surface area (Å²) in [5.41, 5.74) is 2.37. The number of carbonyl (C=O) groups excluding carboxylic acids is 1. The first-order valence-corrected chi connectivity index (χ1v) is 11.4. The molecule has 158 valence electrons. The number of rotatable bonds is 6. The Hall–Kier alpha value is -2.60. The second-order valence-corrected chi connectivity index (χ2v) is 9.57. The van der Waals surface area contributed by atoms with Gasteiger partial charge in [0.2, 0.25) is 15.9 Å². The standard InChI is InChI=1S/C21H23ClN4O3S/c1-14-11-20(21(27)25-10-9-23)26(13-14)16-5-8-19(22)18(12-16)15-3-6-17(7-4-15)30(28,29)24-2/h3-8,12,14,20,24H,10-11,13H2,1-2H3,(H,25,27)/t14-,20-/m0/s1. The predicted molar refractivity (Wildman–Crippen MR) is 117 cm³/mol. The number of anilines is 1. The van der Waals surface area contributed by atoms with E-state index in [1.165, 1.54) is 19.2 Å². The van der Waals surface area contributed by atoms with Crippen LogP contribution >= 0.6 is 11.6 Å². The number of nitrogens with zero attached hydrogens (tertiary/aromatic N) is 2. The molecule has 0 aliphatic carbocycles. The number of halogens is 1. The van der Waals surface area contributed by atoms with E-state index in [0.717, 1.165) is 16.8 Å². The molecule has 0 unspecified atom stereocenters. The van der Waals surface area contributed by atoms with Gasteiger partial charge in [0, 0.05) is 22.8 Å². The van der Waals surface area contributed by atoms with Crippen molar-refractivity contribution in [3.8, 4) is 17.2 Å². The third-order valence-electron chi connectivity index (χ3n) is 5.18. The normalized spacial score (nSPS) is 18.8. The van der Waals surface area contributed by atoms with E-state index in [0.29, 0.717) is 23.9 Å². The van der Waals surface area contributed by atoms with Gasteiger partial charge in [-0.1, -0.05) is 30.7 Å². The van der Waals surface area contributed by atoms with Crippen molar-refractivity contribution in [3.05, 3.63) is 47.5 Å². The van der Waals surface area contributed by atoms with Crippen LogP contribution in [0.5, 0.6) is 0 Å². The van der Waals surface area contributed by atoms with Crippen LogP contribution in [-0.2, 0) is 14.8 Å². The monoisotopic (exact) mass is 446 g/mol. The number of nitrogens with one attached hydrogen (secondary N) is 2. The van der Waals surface area contributed by atoms with Gasteiger partial charge in [-0.25, -0.2) is 13.1 Å². The molecule has 2 aromatic carbocycles. The smallest absolute Gasteiger partial charge is 0.243 e. The van der Waals surface area contributed by atoms with E-state index in [9.17, 15) is 13.2 Å². The van der Waals surface area contributed by atoms with Gasteiger partial charge < -0.3 is 10.2 Å². The number of benzene rings is 2. The molecule has 1 amide bonds. The van der Waals surface area contributed by atoms with Crippen molar-refractivity contribution in [3.63, 3.8) is 0 Å². The topological polar surface area (TPSA) is 102 Å². The summed E-state index contributed by atoms with van der Waals surface area (Å²) in [6.45, 7) is 2.78. The molecule has 3 rings (SSSR count). The van der Waals surface area contributed by atoms with Crippen LogP contribution in [0, 0.1) is 17.2 Å². The van der Waals surface area contributed by atoms with Crippen molar-refractivity contribution in [1.29, 1.82) is 5.26 Å². The summed E-state index contributed by atoms with van der Waals surface area (Å²) >= 11 is 6.43. The SMILES string of the molecule is CNS(=O)(=O)c1ccc(-c2cc(N3C[C@@H](C)C[C@H]3C(=O)NCC#N)ccc2Cl)cc1. The first kappa shape index (κ1) is 22.1. The van der Waals surface area contributed by atoms with E-state index >= 15 is 0 Å². The first-order chi connectivity index (χ1) is 14.3. The van der Waals surface area contributed by atoms with Gasteiger partial charge in [-0.3, -0.25) is 4.79 Å². The predicted octanol–water partition coefficient (Wildman–Crippen LogP) is 2.77. The van der Waals surface area contributed by atoms with Gasteiger partial charge in [0.15, 0.2) is 0 Å². The summed E-state index contributed by atoms with van der Waals surface area (Å²) in [7, 11) is -2.15. The molecule has 0 aromatic heterocycles. The van der Waals surface area contributed by atoms with Gasteiger partial charge in [-0.05, 0) is 55.3 Å². The fraction of sp³-hybridized carbons (Fsp3) is 0.333. The molecule has 2 atom stereocenters. The van der Waals surface area contributed by atoms with E-state index < -0.39 is 10.0 Å². The zero-order valence-electron chi connectivity index (χ0n) is 16.7. The van der Waals surface area contributed by atoms with Crippen LogP contribution in [0.1, 0.15) is 13.3 Å². The maximum Gasteiger partial charge on any atom is 0.243 e. The Kier molecular flexibility index (Phi) is 6.66. The van der Waals surface area contributed by atoms with Crippen LogP contribution in [0.2, 0.25) is 5.02 Å². The summed E-state index contributed by atoms with van der Waals surface area (Å²) in [5.74, 6) is 0.159. The van der Waals surface area contributed by atoms with Gasteiger partial charge in [0.25, 0.3) is 0 Å². The summed E-state index contributed by atoms with van der Waals surface area (Å²) in [4.78, 5) is 14.7. The highest BCUT2D eigenvalue weighted by molar-refractivity contribution is 7.89. The number of sulfonamides is 1. The number of amides is 1. The summed E-state index contributed by atoms with van der Waals surface area (Å²) in [5, 5.41) is 11.9. The van der Waals surface area contributed by atoms with Crippen molar-refractivity contribution in [1.82, 2.24) is 10.0 Å². The molecule has 0 radical (unpaired) electrons. The Bertz CT molecular complexity index is 1080. The minimum absolute atomic E-state index is 0.0225. The van der Waals surface area contributed by atoms with Gasteiger partial charge in [-0.2, -0.15) is 5.26 Å². The number of carbonyl (C=O) groups is 1. The molecule has 30 heavy (non-hydrogen) atoms. The molecule has 1 aliphatic rings. The molecule has 7 nitrogen and oxygen atoms in total. The van der Waals surface area contributed by atoms with E-state index in [4.69, 9.17) is 16.9 Å². The third-order valence-corrected chi connectivity index (χ3v) is 6.94. The highest BCUT2D eigenvalue weighted by atomic mass is 35.5. The molecule has 0 saturated carbocycles. The van der Waals surface area contributed by atoms with Crippen molar-refractivity contribution < 1.29 is 13.2 Å². The molecule has 1 aliphatic heterocycles. The minimum atomic E-state index is -3.52. The maximum atomic E-state index is 12.5. The zero-order valence-corrected chi connectivity index (χ0v) is 18.3. The quantitative estimate of drug-likeness (QED) is 0.664. The second kappa shape index (κ2) is 9.04. The van der Waals surface area contributed by atoms with E-state index in [2.05, 4.69) is 17.0 Å². The Balaban J connectivity index is 1.93. The lowest BCUT2D eigenvalue weighted by Gasteiger charge is -2.26. The lowest BCUT2D eigenvalue weighted by Crippen LogP contribution is -2.43. The molecule has 1 saturated heterocycles. The number of nitriles is 1. The van der Waals surface area contributed by atoms with Crippen LogP contribution in [0.15, 0.2) is 47.4 Å². The summed E-state index contributed by atoms with van der Waals surface area (Å²) in [6.07, 6.45) is 0.700. The van der Waals surface area contributed by atoms with Gasteiger partial charge in [0.1, 0.15) is 12.6 Å². The Morgan fingerprint density at radius 2 is 1.97 bits per heavy atom. The lowest BCUT2D eigenvalue weighted by molar-refractivity contribution is -0.122. The Morgan fingerprint density at radius 3 is 2.60 bits per heavy atom. The first-order valence-electron chi connectivity index (χ1n) is 9.51.